The largest absolute Gasteiger partial charge is 0.508 e. The summed E-state index contributed by atoms with van der Waals surface area (Å²) in [5.41, 5.74) is 11.4. The average Bonchev–Trinajstić information content (AvgIpc) is 2.87. The molecule has 0 saturated carbocycles. The number of rotatable bonds is 17. The van der Waals surface area contributed by atoms with E-state index in [1.165, 1.54) is 24.3 Å². The fourth-order valence-electron chi connectivity index (χ4n) is 3.53. The Morgan fingerprint density at radius 1 is 0.846 bits per heavy atom. The molecule has 1 aromatic rings. The monoisotopic (exact) mass is 551 g/mol. The van der Waals surface area contributed by atoms with Crippen molar-refractivity contribution in [1.82, 2.24) is 16.0 Å². The molecule has 14 heteroatoms. The Labute approximate surface area is 225 Å². The first-order chi connectivity index (χ1) is 18.2. The van der Waals surface area contributed by atoms with Crippen LogP contribution in [-0.4, -0.2) is 75.1 Å². The molecular formula is C25H37N5O9. The number of amides is 4. The van der Waals surface area contributed by atoms with E-state index in [2.05, 4.69) is 16.0 Å². The smallest absolute Gasteiger partial charge is 0.326 e. The maximum absolute atomic E-state index is 13.3. The lowest BCUT2D eigenvalue weighted by Gasteiger charge is -2.28. The Hall–Kier alpha value is -4.20. The van der Waals surface area contributed by atoms with E-state index < -0.39 is 65.7 Å². The molecule has 1 aromatic carbocycles. The van der Waals surface area contributed by atoms with Crippen molar-refractivity contribution >= 4 is 35.6 Å². The summed E-state index contributed by atoms with van der Waals surface area (Å²) in [6, 6.07) is 0.692. The second-order valence-electron chi connectivity index (χ2n) is 9.25. The number of aliphatic carboxylic acids is 2. The topological polar surface area (TPSA) is 251 Å². The van der Waals surface area contributed by atoms with Gasteiger partial charge in [0.2, 0.25) is 23.6 Å². The molecule has 4 amide bonds. The fraction of sp³-hybridized carbons (Fsp3) is 0.520. The van der Waals surface area contributed by atoms with Crippen LogP contribution in [-0.2, 0) is 35.2 Å². The normalized spacial score (nSPS) is 14.6. The summed E-state index contributed by atoms with van der Waals surface area (Å²) in [5, 5.41) is 35.2. The van der Waals surface area contributed by atoms with Gasteiger partial charge in [0.1, 0.15) is 23.9 Å². The Balaban J connectivity index is 3.17. The molecule has 0 aliphatic carbocycles. The second kappa shape index (κ2) is 15.9. The standard InChI is InChI=1S/C25H37N5O9/c1-3-13(2)21(30-22(35)16(26)8-11-20(33)34)24(37)29-18(12-14-4-6-15(31)7-5-14)23(36)28-17(25(38)39)9-10-19(27)32/h4-7,13,16-18,21,31H,3,8-12,26H2,1-2H3,(H2,27,32)(H,28,36)(H,29,37)(H,30,35)(H,33,34)(H,38,39). The number of benzene rings is 1. The molecule has 39 heavy (non-hydrogen) atoms. The Morgan fingerprint density at radius 2 is 1.44 bits per heavy atom. The third kappa shape index (κ3) is 11.8. The summed E-state index contributed by atoms with van der Waals surface area (Å²) < 4.78 is 0. The highest BCUT2D eigenvalue weighted by Gasteiger charge is 2.32. The number of phenols is 1. The van der Waals surface area contributed by atoms with Crippen molar-refractivity contribution in [3.05, 3.63) is 29.8 Å². The van der Waals surface area contributed by atoms with Crippen LogP contribution in [0.2, 0.25) is 0 Å². The molecule has 1 rings (SSSR count). The highest BCUT2D eigenvalue weighted by atomic mass is 16.4. The molecular weight excluding hydrogens is 514 g/mol. The summed E-state index contributed by atoms with van der Waals surface area (Å²) in [7, 11) is 0. The van der Waals surface area contributed by atoms with Gasteiger partial charge < -0.3 is 42.7 Å². The van der Waals surface area contributed by atoms with Crippen LogP contribution in [0.25, 0.3) is 0 Å². The summed E-state index contributed by atoms with van der Waals surface area (Å²) in [6.45, 7) is 3.46. The van der Waals surface area contributed by atoms with Crippen LogP contribution >= 0.6 is 0 Å². The van der Waals surface area contributed by atoms with E-state index in [1.807, 2.05) is 0 Å². The number of primary amides is 1. The molecule has 0 fully saturated rings. The summed E-state index contributed by atoms with van der Waals surface area (Å²) in [5.74, 6) is -6.08. The van der Waals surface area contributed by atoms with Crippen LogP contribution in [0.5, 0.6) is 5.75 Å². The Bertz CT molecular complexity index is 1030. The molecule has 5 unspecified atom stereocenters. The van der Waals surface area contributed by atoms with Crippen molar-refractivity contribution in [1.29, 1.82) is 0 Å². The molecule has 0 bridgehead atoms. The number of hydrogen-bond donors (Lipinski definition) is 8. The first-order valence-electron chi connectivity index (χ1n) is 12.4. The van der Waals surface area contributed by atoms with Crippen molar-refractivity contribution in [2.45, 2.75) is 76.5 Å². The lowest BCUT2D eigenvalue weighted by atomic mass is 9.96. The van der Waals surface area contributed by atoms with Gasteiger partial charge in [0.05, 0.1) is 6.04 Å². The molecule has 216 valence electrons. The number of carboxylic acid groups (broad SMARTS) is 2. The molecule has 0 heterocycles. The Morgan fingerprint density at radius 3 is 1.95 bits per heavy atom. The van der Waals surface area contributed by atoms with Gasteiger partial charge in [0.15, 0.2) is 0 Å². The van der Waals surface area contributed by atoms with E-state index in [9.17, 15) is 39.0 Å². The molecule has 0 spiro atoms. The molecule has 0 aliphatic rings. The van der Waals surface area contributed by atoms with Gasteiger partial charge >= 0.3 is 11.9 Å². The number of aromatic hydroxyl groups is 1. The second-order valence-corrected chi connectivity index (χ2v) is 9.25. The number of carbonyl (C=O) groups is 6. The van der Waals surface area contributed by atoms with Crippen molar-refractivity contribution in [2.75, 3.05) is 0 Å². The van der Waals surface area contributed by atoms with Crippen molar-refractivity contribution in [3.63, 3.8) is 0 Å². The van der Waals surface area contributed by atoms with Crippen LogP contribution in [0.4, 0.5) is 0 Å². The van der Waals surface area contributed by atoms with Gasteiger partial charge in [-0.15, -0.1) is 0 Å². The molecule has 10 N–H and O–H groups in total. The number of hydrogen-bond acceptors (Lipinski definition) is 8. The molecule has 0 aromatic heterocycles. The van der Waals surface area contributed by atoms with Gasteiger partial charge in [0, 0.05) is 19.3 Å². The van der Waals surface area contributed by atoms with Crippen molar-refractivity contribution < 1.29 is 44.1 Å². The van der Waals surface area contributed by atoms with Gasteiger partial charge in [-0.25, -0.2) is 4.79 Å². The highest BCUT2D eigenvalue weighted by molar-refractivity contribution is 5.94. The van der Waals surface area contributed by atoms with Gasteiger partial charge in [-0.2, -0.15) is 0 Å². The van der Waals surface area contributed by atoms with Crippen LogP contribution in [0.1, 0.15) is 51.5 Å². The first-order valence-corrected chi connectivity index (χ1v) is 12.4. The minimum absolute atomic E-state index is 0.0278. The predicted octanol–water partition coefficient (Wildman–Crippen LogP) is -1.02. The number of nitrogens with one attached hydrogen (secondary N) is 3. The minimum atomic E-state index is -1.46. The van der Waals surface area contributed by atoms with Gasteiger partial charge in [-0.1, -0.05) is 32.4 Å². The minimum Gasteiger partial charge on any atom is -0.508 e. The lowest BCUT2D eigenvalue weighted by Crippen LogP contribution is -2.59. The van der Waals surface area contributed by atoms with E-state index in [-0.39, 0.29) is 37.9 Å². The zero-order valence-electron chi connectivity index (χ0n) is 21.9. The van der Waals surface area contributed by atoms with E-state index in [1.54, 1.807) is 13.8 Å². The number of phenolic OH excluding ortho intramolecular Hbond substituents is 1. The van der Waals surface area contributed by atoms with E-state index in [4.69, 9.17) is 16.6 Å². The van der Waals surface area contributed by atoms with Crippen molar-refractivity contribution in [3.8, 4) is 5.75 Å². The number of nitrogens with two attached hydrogens (primary N) is 2. The third-order valence-corrected chi connectivity index (χ3v) is 6.10. The third-order valence-electron chi connectivity index (χ3n) is 6.10. The quantitative estimate of drug-likeness (QED) is 0.117. The maximum atomic E-state index is 13.3. The van der Waals surface area contributed by atoms with Gasteiger partial charge in [0.25, 0.3) is 0 Å². The molecule has 0 aliphatic heterocycles. The molecule has 14 nitrogen and oxygen atoms in total. The van der Waals surface area contributed by atoms with Crippen LogP contribution in [0, 0.1) is 5.92 Å². The van der Waals surface area contributed by atoms with E-state index in [0.29, 0.717) is 12.0 Å². The van der Waals surface area contributed by atoms with E-state index in [0.717, 1.165) is 0 Å². The van der Waals surface area contributed by atoms with Crippen LogP contribution in [0.15, 0.2) is 24.3 Å². The molecule has 0 radical (unpaired) electrons. The van der Waals surface area contributed by atoms with Crippen LogP contribution < -0.4 is 27.4 Å². The highest BCUT2D eigenvalue weighted by Crippen LogP contribution is 2.14. The summed E-state index contributed by atoms with van der Waals surface area (Å²) in [6.07, 6.45) is -0.703. The zero-order chi connectivity index (χ0) is 29.7. The van der Waals surface area contributed by atoms with E-state index >= 15 is 0 Å². The lowest BCUT2D eigenvalue weighted by molar-refractivity contribution is -0.142. The predicted molar refractivity (Wildman–Crippen MR) is 138 cm³/mol. The average molecular weight is 552 g/mol. The van der Waals surface area contributed by atoms with Crippen LogP contribution in [0.3, 0.4) is 0 Å². The van der Waals surface area contributed by atoms with Gasteiger partial charge in [-0.05, 0) is 36.5 Å². The zero-order valence-corrected chi connectivity index (χ0v) is 21.9. The maximum Gasteiger partial charge on any atom is 0.326 e. The molecule has 5 atom stereocenters. The number of carboxylic acids is 2. The first kappa shape index (κ1) is 32.8. The van der Waals surface area contributed by atoms with Gasteiger partial charge in [-0.3, -0.25) is 24.0 Å². The summed E-state index contributed by atoms with van der Waals surface area (Å²) in [4.78, 5) is 72.5. The summed E-state index contributed by atoms with van der Waals surface area (Å²) >= 11 is 0. The number of carbonyl (C=O) groups excluding carboxylic acids is 4. The molecule has 0 saturated heterocycles. The fourth-order valence-corrected chi connectivity index (χ4v) is 3.53. The van der Waals surface area contributed by atoms with Crippen molar-refractivity contribution in [2.24, 2.45) is 17.4 Å². The SMILES string of the molecule is CCC(C)C(NC(=O)C(N)CCC(=O)O)C(=O)NC(Cc1ccc(O)cc1)C(=O)NC(CCC(N)=O)C(=O)O. The Kier molecular flexibility index (Phi) is 13.4.